The largest absolute Gasteiger partial charge is 0.467 e. The Morgan fingerprint density at radius 1 is 0.762 bits per heavy atom. The normalized spacial score (nSPS) is 14.4. The molecule has 1 aliphatic heterocycles. The van der Waals surface area contributed by atoms with E-state index in [-0.39, 0.29) is 44.2 Å². The van der Waals surface area contributed by atoms with Crippen molar-refractivity contribution in [2.75, 3.05) is 44.4 Å². The van der Waals surface area contributed by atoms with Crippen LogP contribution in [-0.2, 0) is 48.2 Å². The van der Waals surface area contributed by atoms with E-state index in [0.717, 1.165) is 29.7 Å². The summed E-state index contributed by atoms with van der Waals surface area (Å²) in [6.07, 6.45) is 2.28. The average molecular weight is 862 g/mol. The number of para-hydroxylation sites is 1. The molecule has 3 atom stereocenters. The van der Waals surface area contributed by atoms with E-state index < -0.39 is 42.1 Å². The summed E-state index contributed by atoms with van der Waals surface area (Å²) in [6.45, 7) is 3.72. The number of amides is 6. The fourth-order valence-corrected chi connectivity index (χ4v) is 7.35. The van der Waals surface area contributed by atoms with Crippen molar-refractivity contribution in [1.82, 2.24) is 25.8 Å². The Hall–Kier alpha value is -6.74. The molecule has 5 rings (SSSR count). The molecule has 0 aliphatic carbocycles. The van der Waals surface area contributed by atoms with Gasteiger partial charge in [-0.25, -0.2) is 14.4 Å². The fourth-order valence-electron chi connectivity index (χ4n) is 7.35. The lowest BCUT2D eigenvalue weighted by Crippen LogP contribution is -2.51. The van der Waals surface area contributed by atoms with Gasteiger partial charge in [0.25, 0.3) is 0 Å². The SMILES string of the molecule is COC(=O)[C@H](CCNC(=O)[C@H](CCCCNC(=O)OCc1ccccc1)N(C)C(=O)Cc1ccc(NC(=O)Nc2ccccc2C)cc1)NC(=O)[C@@H]1CCCN1Cc1ccccc1. The molecule has 4 aromatic rings. The maximum absolute atomic E-state index is 13.9. The number of hydrogen-bond acceptors (Lipinski definition) is 9. The number of nitrogens with zero attached hydrogens (tertiary/aromatic N) is 2. The lowest BCUT2D eigenvalue weighted by atomic mass is 10.0. The number of aryl methyl sites for hydroxylation is 1. The van der Waals surface area contributed by atoms with Crippen molar-refractivity contribution in [3.8, 4) is 0 Å². The zero-order valence-electron chi connectivity index (χ0n) is 36.3. The number of hydrogen-bond donors (Lipinski definition) is 5. The van der Waals surface area contributed by atoms with Crippen LogP contribution in [0.5, 0.6) is 0 Å². The number of ether oxygens (including phenoxy) is 2. The van der Waals surface area contributed by atoms with Gasteiger partial charge >= 0.3 is 18.1 Å². The van der Waals surface area contributed by atoms with Crippen molar-refractivity contribution in [3.63, 3.8) is 0 Å². The van der Waals surface area contributed by atoms with Crippen molar-refractivity contribution >= 4 is 47.2 Å². The number of alkyl carbamates (subject to hydrolysis) is 1. The minimum Gasteiger partial charge on any atom is -0.467 e. The number of likely N-dealkylation sites (N-methyl/N-ethyl adjacent to an activating group) is 1. The first-order valence-electron chi connectivity index (χ1n) is 21.4. The van der Waals surface area contributed by atoms with Gasteiger partial charge in [0.2, 0.25) is 17.7 Å². The smallest absolute Gasteiger partial charge is 0.407 e. The van der Waals surface area contributed by atoms with Crippen molar-refractivity contribution in [2.45, 2.75) is 83.1 Å². The zero-order chi connectivity index (χ0) is 45.0. The van der Waals surface area contributed by atoms with Gasteiger partial charge in [-0.2, -0.15) is 0 Å². The van der Waals surface area contributed by atoms with Gasteiger partial charge in [0.15, 0.2) is 0 Å². The summed E-state index contributed by atoms with van der Waals surface area (Å²) in [5.74, 6) is -1.65. The first-order chi connectivity index (χ1) is 30.5. The van der Waals surface area contributed by atoms with Crippen LogP contribution in [0.1, 0.15) is 60.8 Å². The molecular formula is C48H59N7O8. The van der Waals surface area contributed by atoms with Gasteiger partial charge < -0.3 is 41.0 Å². The summed E-state index contributed by atoms with van der Waals surface area (Å²) in [5.41, 5.74) is 4.78. The van der Waals surface area contributed by atoms with E-state index in [0.29, 0.717) is 49.3 Å². The molecule has 1 aliphatic rings. The number of urea groups is 1. The molecular weight excluding hydrogens is 803 g/mol. The number of unbranched alkanes of at least 4 members (excludes halogenated alkanes) is 1. The first-order valence-corrected chi connectivity index (χ1v) is 21.4. The molecule has 0 spiro atoms. The number of anilines is 2. The van der Waals surface area contributed by atoms with Gasteiger partial charge in [-0.05, 0) is 92.4 Å². The first kappa shape index (κ1) is 47.3. The molecule has 15 heteroatoms. The maximum atomic E-state index is 13.9. The fraction of sp³-hybridized carbons (Fsp3) is 0.375. The van der Waals surface area contributed by atoms with Crippen LogP contribution in [0.3, 0.4) is 0 Å². The lowest BCUT2D eigenvalue weighted by molar-refractivity contribution is -0.146. The van der Waals surface area contributed by atoms with Crippen molar-refractivity contribution in [2.24, 2.45) is 0 Å². The third kappa shape index (κ3) is 15.3. The Balaban J connectivity index is 1.16. The van der Waals surface area contributed by atoms with E-state index in [1.54, 1.807) is 31.3 Å². The van der Waals surface area contributed by atoms with Crippen LogP contribution >= 0.6 is 0 Å². The van der Waals surface area contributed by atoms with Crippen molar-refractivity contribution < 1.29 is 38.2 Å². The number of carbonyl (C=O) groups is 6. The number of benzene rings is 4. The molecule has 1 fully saturated rings. The molecule has 0 radical (unpaired) electrons. The molecule has 15 nitrogen and oxygen atoms in total. The molecule has 5 N–H and O–H groups in total. The van der Waals surface area contributed by atoms with E-state index in [1.165, 1.54) is 12.0 Å². The van der Waals surface area contributed by atoms with Crippen molar-refractivity contribution in [3.05, 3.63) is 131 Å². The van der Waals surface area contributed by atoms with E-state index in [1.807, 2.05) is 91.9 Å². The zero-order valence-corrected chi connectivity index (χ0v) is 36.3. The van der Waals surface area contributed by atoms with Gasteiger partial charge in [-0.1, -0.05) is 91.0 Å². The van der Waals surface area contributed by atoms with Crippen molar-refractivity contribution in [1.29, 1.82) is 0 Å². The van der Waals surface area contributed by atoms with Crippen LogP contribution in [0.2, 0.25) is 0 Å². The second kappa shape index (κ2) is 24.6. The van der Waals surface area contributed by atoms with Gasteiger partial charge in [0.05, 0.1) is 19.6 Å². The molecule has 6 amide bonds. The number of carbonyl (C=O) groups excluding carboxylic acids is 6. The Bertz CT molecular complexity index is 2120. The summed E-state index contributed by atoms with van der Waals surface area (Å²) in [5, 5.41) is 14.1. The summed E-state index contributed by atoms with van der Waals surface area (Å²) in [7, 11) is 2.82. The molecule has 0 unspecified atom stereocenters. The number of methoxy groups -OCH3 is 1. The Kier molecular flexibility index (Phi) is 18.5. The number of esters is 1. The highest BCUT2D eigenvalue weighted by atomic mass is 16.5. The quantitative estimate of drug-likeness (QED) is 0.0500. The molecule has 0 bridgehead atoms. The predicted octanol–water partition coefficient (Wildman–Crippen LogP) is 5.93. The number of rotatable bonds is 21. The third-order valence-corrected chi connectivity index (χ3v) is 10.9. The maximum Gasteiger partial charge on any atom is 0.407 e. The summed E-state index contributed by atoms with van der Waals surface area (Å²) >= 11 is 0. The van der Waals surface area contributed by atoms with E-state index >= 15 is 0 Å². The highest BCUT2D eigenvalue weighted by molar-refractivity contribution is 6.00. The highest BCUT2D eigenvalue weighted by Gasteiger charge is 2.34. The Morgan fingerprint density at radius 2 is 1.44 bits per heavy atom. The Labute approximate surface area is 369 Å². The van der Waals surface area contributed by atoms with Gasteiger partial charge in [-0.15, -0.1) is 0 Å². The standard InChI is InChI=1S/C48H59N7O8/c1-34-15-10-11-20-39(34)53-47(60)51-38-25-23-35(24-26-38)31-43(56)54(2)41(21-12-13-28-50-48(61)63-33-37-18-8-5-9-19-37)44(57)49-29-27-40(46(59)62-3)52-45(58)42-22-14-30-55(42)32-36-16-6-4-7-17-36/h4-11,15-20,23-26,40-42H,12-14,21-22,27-33H2,1-3H3,(H,49,57)(H,50,61)(H,52,58)(H2,51,53,60)/t40-,41-,42-/m0/s1. The minimum absolute atomic E-state index is 0.0102. The second-order valence-corrected chi connectivity index (χ2v) is 15.6. The van der Waals surface area contributed by atoms with Gasteiger partial charge in [0.1, 0.15) is 18.7 Å². The molecule has 0 saturated carbocycles. The third-order valence-electron chi connectivity index (χ3n) is 10.9. The van der Waals surface area contributed by atoms with E-state index in [2.05, 4.69) is 31.5 Å². The van der Waals surface area contributed by atoms with Crippen LogP contribution < -0.4 is 26.6 Å². The number of likely N-dealkylation sites (tertiary alicyclic amines) is 1. The topological polar surface area (TPSA) is 188 Å². The van der Waals surface area contributed by atoms with Crippen LogP contribution in [0.25, 0.3) is 0 Å². The summed E-state index contributed by atoms with van der Waals surface area (Å²) in [6, 6.07) is 30.8. The lowest BCUT2D eigenvalue weighted by Gasteiger charge is -2.28. The molecule has 1 saturated heterocycles. The second-order valence-electron chi connectivity index (χ2n) is 15.6. The van der Waals surface area contributed by atoms with Crippen LogP contribution in [0.15, 0.2) is 109 Å². The van der Waals surface area contributed by atoms with E-state index in [9.17, 15) is 28.8 Å². The molecule has 0 aromatic heterocycles. The predicted molar refractivity (Wildman–Crippen MR) is 240 cm³/mol. The van der Waals surface area contributed by atoms with Crippen LogP contribution in [0.4, 0.5) is 21.0 Å². The average Bonchev–Trinajstić information content (AvgIpc) is 3.76. The molecule has 4 aromatic carbocycles. The van der Waals surface area contributed by atoms with Gasteiger partial charge in [-0.3, -0.25) is 19.3 Å². The monoisotopic (exact) mass is 861 g/mol. The van der Waals surface area contributed by atoms with E-state index in [4.69, 9.17) is 9.47 Å². The minimum atomic E-state index is -1.00. The molecule has 63 heavy (non-hydrogen) atoms. The number of nitrogens with one attached hydrogen (secondary N) is 5. The van der Waals surface area contributed by atoms with Crippen LogP contribution in [0, 0.1) is 6.92 Å². The molecule has 334 valence electrons. The van der Waals surface area contributed by atoms with Crippen LogP contribution in [-0.4, -0.2) is 97.5 Å². The summed E-state index contributed by atoms with van der Waals surface area (Å²) < 4.78 is 10.3. The summed E-state index contributed by atoms with van der Waals surface area (Å²) in [4.78, 5) is 82.3. The van der Waals surface area contributed by atoms with Gasteiger partial charge in [0, 0.05) is 38.1 Å². The highest BCUT2D eigenvalue weighted by Crippen LogP contribution is 2.21. The Morgan fingerprint density at radius 3 is 2.14 bits per heavy atom. The molecule has 1 heterocycles.